The van der Waals surface area contributed by atoms with Crippen molar-refractivity contribution in [2.24, 2.45) is 0 Å². The van der Waals surface area contributed by atoms with E-state index >= 15 is 0 Å². The van der Waals surface area contributed by atoms with Gasteiger partial charge in [-0.25, -0.2) is 9.37 Å². The minimum atomic E-state index is -0.623. The normalized spacial score (nSPS) is 18.4. The molecule has 1 amide bonds. The highest BCUT2D eigenvalue weighted by Gasteiger charge is 2.29. The standard InChI is InChI=1S/C15H18FN5O2/c1-9(2)13-18-14(20-19-13)12-8-21(5-6-23-12)15(22)10-3-4-17-7-11(10)16/h3-4,7,9,12H,5-6,8H2,1-2H3,(H,18,19,20)/t12-/m1/s1. The van der Waals surface area contributed by atoms with Gasteiger partial charge in [-0.05, 0) is 6.07 Å². The van der Waals surface area contributed by atoms with E-state index in [0.717, 1.165) is 6.20 Å². The maximum atomic E-state index is 13.7. The van der Waals surface area contributed by atoms with Gasteiger partial charge in [0.15, 0.2) is 17.5 Å². The van der Waals surface area contributed by atoms with Gasteiger partial charge >= 0.3 is 0 Å². The van der Waals surface area contributed by atoms with Crippen LogP contribution in [-0.4, -0.2) is 50.7 Å². The predicted molar refractivity (Wildman–Crippen MR) is 79.3 cm³/mol. The Morgan fingerprint density at radius 2 is 2.35 bits per heavy atom. The lowest BCUT2D eigenvalue weighted by molar-refractivity contribution is -0.0268. The minimum absolute atomic E-state index is 0.0149. The van der Waals surface area contributed by atoms with Gasteiger partial charge in [-0.2, -0.15) is 5.10 Å². The molecule has 0 spiro atoms. The molecule has 0 aromatic carbocycles. The van der Waals surface area contributed by atoms with E-state index in [-0.39, 0.29) is 17.4 Å². The van der Waals surface area contributed by atoms with Crippen molar-refractivity contribution in [2.75, 3.05) is 19.7 Å². The Balaban J connectivity index is 1.75. The Labute approximate surface area is 132 Å². The van der Waals surface area contributed by atoms with Gasteiger partial charge in [0.1, 0.15) is 6.10 Å². The van der Waals surface area contributed by atoms with Crippen LogP contribution >= 0.6 is 0 Å². The molecule has 0 unspecified atom stereocenters. The van der Waals surface area contributed by atoms with Crippen LogP contribution in [0.2, 0.25) is 0 Å². The second kappa shape index (κ2) is 6.41. The number of H-pyrrole nitrogens is 1. The molecule has 1 atom stereocenters. The molecule has 3 rings (SSSR count). The third kappa shape index (κ3) is 3.21. The number of aromatic amines is 1. The first-order chi connectivity index (χ1) is 11.1. The molecule has 23 heavy (non-hydrogen) atoms. The zero-order valence-corrected chi connectivity index (χ0v) is 13.0. The van der Waals surface area contributed by atoms with Crippen molar-refractivity contribution in [1.82, 2.24) is 25.1 Å². The number of morpholine rings is 1. The molecule has 3 heterocycles. The quantitative estimate of drug-likeness (QED) is 0.930. The molecule has 0 bridgehead atoms. The second-order valence-corrected chi connectivity index (χ2v) is 5.70. The van der Waals surface area contributed by atoms with Crippen molar-refractivity contribution < 1.29 is 13.9 Å². The number of amides is 1. The molecule has 1 aliphatic rings. The number of pyridine rings is 1. The summed E-state index contributed by atoms with van der Waals surface area (Å²) in [4.78, 5) is 22.1. The van der Waals surface area contributed by atoms with Gasteiger partial charge in [-0.1, -0.05) is 13.8 Å². The lowest BCUT2D eigenvalue weighted by Gasteiger charge is -2.31. The number of rotatable bonds is 3. The molecule has 122 valence electrons. The average molecular weight is 319 g/mol. The molecular formula is C15H18FN5O2. The number of carbonyl (C=O) groups is 1. The van der Waals surface area contributed by atoms with E-state index in [9.17, 15) is 9.18 Å². The first-order valence-electron chi connectivity index (χ1n) is 7.49. The number of hydrogen-bond donors (Lipinski definition) is 1. The highest BCUT2D eigenvalue weighted by molar-refractivity contribution is 5.94. The molecule has 1 aliphatic heterocycles. The summed E-state index contributed by atoms with van der Waals surface area (Å²) in [5.74, 6) is 0.491. The van der Waals surface area contributed by atoms with E-state index in [1.165, 1.54) is 12.3 Å². The summed E-state index contributed by atoms with van der Waals surface area (Å²) in [7, 11) is 0. The van der Waals surface area contributed by atoms with Crippen LogP contribution in [0.1, 0.15) is 47.9 Å². The Bertz CT molecular complexity index is 703. The molecule has 2 aromatic rings. The maximum Gasteiger partial charge on any atom is 0.257 e. The fourth-order valence-corrected chi connectivity index (χ4v) is 2.41. The molecule has 1 N–H and O–H groups in total. The van der Waals surface area contributed by atoms with Crippen LogP contribution in [0.25, 0.3) is 0 Å². The average Bonchev–Trinajstić information content (AvgIpc) is 3.05. The van der Waals surface area contributed by atoms with Gasteiger partial charge in [0.2, 0.25) is 0 Å². The van der Waals surface area contributed by atoms with Gasteiger partial charge in [-0.3, -0.25) is 14.9 Å². The largest absolute Gasteiger partial charge is 0.367 e. The van der Waals surface area contributed by atoms with Gasteiger partial charge in [-0.15, -0.1) is 0 Å². The van der Waals surface area contributed by atoms with E-state index in [4.69, 9.17) is 4.74 Å². The van der Waals surface area contributed by atoms with Crippen LogP contribution in [0.5, 0.6) is 0 Å². The molecule has 1 fully saturated rings. The van der Waals surface area contributed by atoms with Crippen LogP contribution in [-0.2, 0) is 4.74 Å². The Morgan fingerprint density at radius 3 is 3.04 bits per heavy atom. The summed E-state index contributed by atoms with van der Waals surface area (Å²) < 4.78 is 19.4. The topological polar surface area (TPSA) is 84.0 Å². The summed E-state index contributed by atoms with van der Waals surface area (Å²) in [6, 6.07) is 1.38. The fourth-order valence-electron chi connectivity index (χ4n) is 2.41. The molecule has 2 aromatic heterocycles. The van der Waals surface area contributed by atoms with E-state index < -0.39 is 11.9 Å². The van der Waals surface area contributed by atoms with E-state index in [1.54, 1.807) is 4.90 Å². The molecule has 0 aliphatic carbocycles. The van der Waals surface area contributed by atoms with E-state index in [0.29, 0.717) is 31.3 Å². The summed E-state index contributed by atoms with van der Waals surface area (Å²) in [5, 5.41) is 7.00. The van der Waals surface area contributed by atoms with Crippen molar-refractivity contribution in [1.29, 1.82) is 0 Å². The van der Waals surface area contributed by atoms with Gasteiger partial charge in [0.05, 0.1) is 24.9 Å². The lowest BCUT2D eigenvalue weighted by Crippen LogP contribution is -2.42. The van der Waals surface area contributed by atoms with E-state index in [2.05, 4.69) is 20.2 Å². The first kappa shape index (κ1) is 15.5. The van der Waals surface area contributed by atoms with Gasteiger partial charge < -0.3 is 9.64 Å². The number of nitrogens with one attached hydrogen (secondary N) is 1. The van der Waals surface area contributed by atoms with Gasteiger partial charge in [0, 0.05) is 18.7 Å². The first-order valence-corrected chi connectivity index (χ1v) is 7.49. The molecule has 7 nitrogen and oxygen atoms in total. The lowest BCUT2D eigenvalue weighted by atomic mass is 10.2. The van der Waals surface area contributed by atoms with Crippen LogP contribution in [0.4, 0.5) is 4.39 Å². The van der Waals surface area contributed by atoms with Crippen molar-refractivity contribution in [3.8, 4) is 0 Å². The number of carbonyl (C=O) groups excluding carboxylic acids is 1. The zero-order valence-electron chi connectivity index (χ0n) is 13.0. The molecule has 0 saturated carbocycles. The van der Waals surface area contributed by atoms with Crippen molar-refractivity contribution in [3.05, 3.63) is 41.5 Å². The Kier molecular flexibility index (Phi) is 4.33. The number of aromatic nitrogens is 4. The summed E-state index contributed by atoms with van der Waals surface area (Å²) in [6.07, 6.45) is 2.05. The molecule has 1 saturated heterocycles. The summed E-state index contributed by atoms with van der Waals surface area (Å²) in [5.41, 5.74) is 0.0149. The number of nitrogens with zero attached hydrogens (tertiary/aromatic N) is 4. The van der Waals surface area contributed by atoms with Crippen molar-refractivity contribution in [3.63, 3.8) is 0 Å². The third-order valence-electron chi connectivity index (χ3n) is 3.70. The zero-order chi connectivity index (χ0) is 16.4. The molecule has 0 radical (unpaired) electrons. The summed E-state index contributed by atoms with van der Waals surface area (Å²) >= 11 is 0. The number of ether oxygens (including phenoxy) is 1. The fraction of sp³-hybridized carbons (Fsp3) is 0.467. The maximum absolute atomic E-state index is 13.7. The highest BCUT2D eigenvalue weighted by Crippen LogP contribution is 2.22. The molecular weight excluding hydrogens is 301 g/mol. The minimum Gasteiger partial charge on any atom is -0.367 e. The van der Waals surface area contributed by atoms with Crippen LogP contribution in [0.15, 0.2) is 18.5 Å². The molecule has 8 heteroatoms. The van der Waals surface area contributed by atoms with Crippen molar-refractivity contribution in [2.45, 2.75) is 25.9 Å². The second-order valence-electron chi connectivity index (χ2n) is 5.70. The van der Waals surface area contributed by atoms with Crippen LogP contribution in [0, 0.1) is 5.82 Å². The third-order valence-corrected chi connectivity index (χ3v) is 3.70. The van der Waals surface area contributed by atoms with E-state index in [1.807, 2.05) is 13.8 Å². The number of hydrogen-bond acceptors (Lipinski definition) is 5. The van der Waals surface area contributed by atoms with Gasteiger partial charge in [0.25, 0.3) is 5.91 Å². The summed E-state index contributed by atoms with van der Waals surface area (Å²) in [6.45, 7) is 5.06. The smallest absolute Gasteiger partial charge is 0.257 e. The van der Waals surface area contributed by atoms with Crippen LogP contribution < -0.4 is 0 Å². The Hall–Kier alpha value is -2.35. The predicted octanol–water partition coefficient (Wildman–Crippen LogP) is 1.68. The van der Waals surface area contributed by atoms with Crippen molar-refractivity contribution >= 4 is 5.91 Å². The van der Waals surface area contributed by atoms with Crippen LogP contribution in [0.3, 0.4) is 0 Å². The highest BCUT2D eigenvalue weighted by atomic mass is 19.1. The SMILES string of the molecule is CC(C)c1n[nH]c([C@H]2CN(C(=O)c3ccncc3F)CCO2)n1. The Morgan fingerprint density at radius 1 is 1.52 bits per heavy atom. The monoisotopic (exact) mass is 319 g/mol. The number of halogens is 1.